The van der Waals surface area contributed by atoms with E-state index in [9.17, 15) is 0 Å². The Kier molecular flexibility index (Phi) is 10.3. The Morgan fingerprint density at radius 3 is 1.15 bits per heavy atom. The Morgan fingerprint density at radius 2 is 0.746 bits per heavy atom. The molecule has 0 N–H and O–H groups in total. The summed E-state index contributed by atoms with van der Waals surface area (Å²) in [4.78, 5) is 9.89. The van der Waals surface area contributed by atoms with Crippen molar-refractivity contribution in [3.63, 3.8) is 0 Å². The molecule has 4 heteroatoms. The van der Waals surface area contributed by atoms with Gasteiger partial charge in [0.1, 0.15) is 0 Å². The summed E-state index contributed by atoms with van der Waals surface area (Å²) >= 11 is 0. The van der Waals surface area contributed by atoms with Gasteiger partial charge in [0.05, 0.1) is 16.6 Å². The van der Waals surface area contributed by atoms with Crippen molar-refractivity contribution in [3.8, 4) is 33.4 Å². The molecule has 3 nitrogen and oxygen atoms in total. The first-order chi connectivity index (χ1) is 33.9. The zero-order valence-electron chi connectivity index (χ0n) is 41.5. The predicted molar refractivity (Wildman–Crippen MR) is 284 cm³/mol. The minimum absolute atomic E-state index is 0. The van der Waals surface area contributed by atoms with Gasteiger partial charge in [-0.1, -0.05) is 143 Å². The number of rotatable bonds is 6. The first-order valence-electron chi connectivity index (χ1n) is 24.6. The summed E-state index contributed by atoms with van der Waals surface area (Å²) in [6, 6.07) is 69.1. The molecule has 0 radical (unpaired) electrons. The number of nitrogens with zero attached hydrogens (tertiary/aromatic N) is 3. The van der Waals surface area contributed by atoms with Crippen LogP contribution in [0.4, 0.5) is 0 Å². The molecule has 4 aliphatic rings. The van der Waals surface area contributed by atoms with E-state index in [0.29, 0.717) is 0 Å². The molecule has 13 rings (SSSR count). The van der Waals surface area contributed by atoms with Gasteiger partial charge in [-0.05, 0) is 152 Å². The smallest absolute Gasteiger partial charge is 0.0686 e. The van der Waals surface area contributed by atoms with E-state index >= 15 is 0 Å². The molecule has 0 spiro atoms. The van der Waals surface area contributed by atoms with Crippen LogP contribution in [0.3, 0.4) is 0 Å². The first-order valence-corrected chi connectivity index (χ1v) is 24.6. The van der Waals surface area contributed by atoms with E-state index in [0.717, 1.165) is 27.9 Å². The number of fused-ring (bicyclic) bond motifs is 9. The Labute approximate surface area is 433 Å². The number of aromatic nitrogens is 1. The molecule has 0 unspecified atom stereocenters. The quantitative estimate of drug-likeness (QED) is 0.155. The third kappa shape index (κ3) is 6.21. The van der Waals surface area contributed by atoms with Gasteiger partial charge in [0.2, 0.25) is 0 Å². The molecule has 350 valence electrons. The average Bonchev–Trinajstić information content (AvgIpc) is 4.07. The van der Waals surface area contributed by atoms with Gasteiger partial charge < -0.3 is 9.80 Å². The van der Waals surface area contributed by atoms with Gasteiger partial charge in [-0.25, -0.2) is 0 Å². The second kappa shape index (κ2) is 16.2. The molecule has 0 amide bonds. The maximum absolute atomic E-state index is 5.32. The molecule has 9 aromatic rings. The summed E-state index contributed by atoms with van der Waals surface area (Å²) in [6.45, 7) is 17.6. The van der Waals surface area contributed by atoms with Crippen LogP contribution in [0.15, 0.2) is 176 Å². The summed E-state index contributed by atoms with van der Waals surface area (Å²) < 4.78 is 0. The Hall–Kier alpha value is -7.06. The standard InChI is InChI=1S/C67H54N3.Pt/c1-41-15-21-58-52(31-41)53-32-42(2)16-22-59(53)65(58,49-12-10-14-51(39-49)67(70-30-29-69(8)40-70)62-25-19-45(5)35-56(62)57-36-46(6)20-26-63(57)67)48-11-9-13-50(38-48)66(64-37-47(7)27-28-68-64)60-23-17-43(3)33-54(60)55-34-44(4)18-24-61(55)66;/h9-37,40H,1-8H3;/q-3;. The van der Waals surface area contributed by atoms with Crippen molar-refractivity contribution in [3.05, 3.63) is 295 Å². The molecule has 8 aromatic carbocycles. The molecule has 0 fully saturated rings. The van der Waals surface area contributed by atoms with E-state index in [1.807, 2.05) is 6.20 Å². The van der Waals surface area contributed by atoms with Crippen molar-refractivity contribution in [1.82, 2.24) is 14.8 Å². The van der Waals surface area contributed by atoms with E-state index < -0.39 is 16.4 Å². The zero-order chi connectivity index (χ0) is 47.8. The second-order valence-electron chi connectivity index (χ2n) is 20.7. The molecule has 0 bridgehead atoms. The van der Waals surface area contributed by atoms with Crippen LogP contribution in [-0.4, -0.2) is 21.8 Å². The molecular formula is C67H54N3Pt-3. The van der Waals surface area contributed by atoms with Crippen LogP contribution in [0.2, 0.25) is 0 Å². The topological polar surface area (TPSA) is 19.4 Å². The fraction of sp³-hybridized carbons (Fsp3) is 0.164. The van der Waals surface area contributed by atoms with Crippen molar-refractivity contribution >= 4 is 0 Å². The minimum atomic E-state index is -0.808. The van der Waals surface area contributed by atoms with Gasteiger partial charge in [0.25, 0.3) is 0 Å². The van der Waals surface area contributed by atoms with Gasteiger partial charge in [-0.15, -0.1) is 22.3 Å². The van der Waals surface area contributed by atoms with E-state index in [1.165, 1.54) is 106 Å². The summed E-state index contributed by atoms with van der Waals surface area (Å²) in [6.07, 6.45) is 6.37. The second-order valence-corrected chi connectivity index (χ2v) is 20.7. The molecule has 0 atom stereocenters. The van der Waals surface area contributed by atoms with E-state index in [4.69, 9.17) is 4.98 Å². The molecule has 0 saturated heterocycles. The van der Waals surface area contributed by atoms with E-state index in [2.05, 4.69) is 254 Å². The number of hydrogen-bond donors (Lipinski definition) is 0. The van der Waals surface area contributed by atoms with Gasteiger partial charge in [0, 0.05) is 32.7 Å². The van der Waals surface area contributed by atoms with Crippen molar-refractivity contribution in [2.75, 3.05) is 7.05 Å². The monoisotopic (exact) mass is 1100 g/mol. The number of benzene rings is 8. The number of pyridine rings is 1. The largest absolute Gasteiger partial charge is 0.511 e. The average molecular weight is 1100 g/mol. The molecule has 3 aliphatic carbocycles. The predicted octanol–water partition coefficient (Wildman–Crippen LogP) is 14.7. The van der Waals surface area contributed by atoms with Gasteiger partial charge in [-0.3, -0.25) is 4.98 Å². The van der Waals surface area contributed by atoms with Gasteiger partial charge in [-0.2, -0.15) is 55.2 Å². The van der Waals surface area contributed by atoms with E-state index in [1.54, 1.807) is 0 Å². The van der Waals surface area contributed by atoms with Crippen LogP contribution in [0.1, 0.15) is 100 Å². The third-order valence-electron chi connectivity index (χ3n) is 16.0. The number of aryl methyl sites for hydroxylation is 7. The molecule has 1 aliphatic heterocycles. The molecule has 1 aromatic heterocycles. The van der Waals surface area contributed by atoms with Crippen LogP contribution >= 0.6 is 0 Å². The maximum atomic E-state index is 5.32. The SMILES string of the molecule is Cc1ccnc(C2(c3[c-]c(C4(c5[c-]c(C6(N7C=CN(C)[CH-]7)c7ccc(C)cc7-c7cc(C)ccc76)ccc5)c5ccc(C)cc5-c5cc(C)ccc54)ccc3)c3ccc(C)cc3-c3cc(C)ccc32)c1.[Pt]. The first kappa shape index (κ1) is 45.1. The minimum Gasteiger partial charge on any atom is -0.511 e. The van der Waals surface area contributed by atoms with Crippen LogP contribution in [0, 0.1) is 67.3 Å². The van der Waals surface area contributed by atoms with E-state index in [-0.39, 0.29) is 21.1 Å². The molecule has 2 heterocycles. The van der Waals surface area contributed by atoms with Gasteiger partial charge in [0.15, 0.2) is 0 Å². The van der Waals surface area contributed by atoms with Crippen molar-refractivity contribution in [2.45, 2.75) is 64.8 Å². The van der Waals surface area contributed by atoms with Crippen LogP contribution in [0.25, 0.3) is 33.4 Å². The summed E-state index contributed by atoms with van der Waals surface area (Å²) in [7, 11) is 2.11. The van der Waals surface area contributed by atoms with Crippen molar-refractivity contribution in [1.29, 1.82) is 0 Å². The van der Waals surface area contributed by atoms with Gasteiger partial charge >= 0.3 is 0 Å². The van der Waals surface area contributed by atoms with Crippen LogP contribution < -0.4 is 0 Å². The molecular weight excluding hydrogens is 1040 g/mol. The Balaban J connectivity index is 0.00000517. The molecule has 0 saturated carbocycles. The fourth-order valence-corrected chi connectivity index (χ4v) is 13.0. The van der Waals surface area contributed by atoms with Crippen molar-refractivity contribution in [2.24, 2.45) is 0 Å². The number of hydrogen-bond acceptors (Lipinski definition) is 3. The molecule has 71 heavy (non-hydrogen) atoms. The van der Waals surface area contributed by atoms with Crippen LogP contribution in [-0.2, 0) is 37.4 Å². The maximum Gasteiger partial charge on any atom is 0.0686 e. The third-order valence-corrected chi connectivity index (χ3v) is 16.0. The normalized spacial score (nSPS) is 15.7. The summed E-state index contributed by atoms with van der Waals surface area (Å²) in [5, 5.41) is 0. The van der Waals surface area contributed by atoms with Crippen molar-refractivity contribution < 1.29 is 21.1 Å². The zero-order valence-corrected chi connectivity index (χ0v) is 43.8. The summed E-state index contributed by atoms with van der Waals surface area (Å²) in [5.41, 5.74) is 26.6. The Morgan fingerprint density at radius 1 is 0.394 bits per heavy atom. The summed E-state index contributed by atoms with van der Waals surface area (Å²) in [5.74, 6) is 0. The Bertz CT molecular complexity index is 3570. The van der Waals surface area contributed by atoms with Crippen LogP contribution in [0.5, 0.6) is 0 Å². The fourth-order valence-electron chi connectivity index (χ4n) is 13.0.